The average molecular weight is 294 g/mol. The zero-order valence-corrected chi connectivity index (χ0v) is 14.4. The number of aryl methyl sites for hydroxylation is 5. The zero-order chi connectivity index (χ0) is 15.9. The maximum atomic E-state index is 2.52. The van der Waals surface area contributed by atoms with E-state index in [1.807, 2.05) is 0 Å². The Bertz CT molecular complexity index is 660. The molecule has 0 atom stereocenters. The number of nitrogens with zero attached hydrogens (tertiary/aromatic N) is 2. The lowest BCUT2D eigenvalue weighted by molar-refractivity contribution is 0.931. The Morgan fingerprint density at radius 1 is 0.682 bits per heavy atom. The van der Waals surface area contributed by atoms with Crippen LogP contribution in [-0.2, 0) is 0 Å². The van der Waals surface area contributed by atoms with Crippen molar-refractivity contribution in [2.75, 3.05) is 29.6 Å². The molecule has 116 valence electrons. The molecule has 0 saturated carbocycles. The Morgan fingerprint density at radius 3 is 1.64 bits per heavy atom. The SMILES string of the molecule is Cc1cc(C)c(N2CCN(c3c(C)cccc3C)C2)c(C)c1. The van der Waals surface area contributed by atoms with Crippen LogP contribution in [0.2, 0.25) is 0 Å². The van der Waals surface area contributed by atoms with Gasteiger partial charge in [0, 0.05) is 24.5 Å². The molecule has 0 spiro atoms. The fraction of sp³-hybridized carbons (Fsp3) is 0.400. The molecule has 0 amide bonds. The van der Waals surface area contributed by atoms with Crippen LogP contribution in [0.1, 0.15) is 27.8 Å². The van der Waals surface area contributed by atoms with Gasteiger partial charge in [0.1, 0.15) is 0 Å². The number of hydrogen-bond acceptors (Lipinski definition) is 2. The molecule has 1 aliphatic heterocycles. The average Bonchev–Trinajstić information content (AvgIpc) is 2.86. The summed E-state index contributed by atoms with van der Waals surface area (Å²) < 4.78 is 0. The quantitative estimate of drug-likeness (QED) is 0.804. The van der Waals surface area contributed by atoms with Gasteiger partial charge in [-0.05, 0) is 56.9 Å². The van der Waals surface area contributed by atoms with Crippen molar-refractivity contribution in [3.63, 3.8) is 0 Å². The van der Waals surface area contributed by atoms with Gasteiger partial charge in [0.05, 0.1) is 6.67 Å². The minimum atomic E-state index is 0.983. The van der Waals surface area contributed by atoms with E-state index in [1.54, 1.807) is 0 Å². The lowest BCUT2D eigenvalue weighted by Crippen LogP contribution is -2.27. The Kier molecular flexibility index (Phi) is 3.86. The first-order chi connectivity index (χ1) is 10.5. The highest BCUT2D eigenvalue weighted by atomic mass is 15.4. The lowest BCUT2D eigenvalue weighted by Gasteiger charge is -2.26. The number of para-hydroxylation sites is 1. The van der Waals surface area contributed by atoms with Crippen LogP contribution in [0.15, 0.2) is 30.3 Å². The lowest BCUT2D eigenvalue weighted by atomic mass is 10.0. The number of rotatable bonds is 2. The Hall–Kier alpha value is -1.96. The molecule has 0 unspecified atom stereocenters. The molecule has 22 heavy (non-hydrogen) atoms. The van der Waals surface area contributed by atoms with Gasteiger partial charge in [-0.2, -0.15) is 0 Å². The van der Waals surface area contributed by atoms with E-state index in [0.717, 1.165) is 19.8 Å². The Labute approximate surface area is 134 Å². The smallest absolute Gasteiger partial charge is 0.0904 e. The van der Waals surface area contributed by atoms with Gasteiger partial charge in [-0.15, -0.1) is 0 Å². The maximum Gasteiger partial charge on any atom is 0.0904 e. The van der Waals surface area contributed by atoms with Crippen LogP contribution in [0.5, 0.6) is 0 Å². The third-order valence-corrected chi connectivity index (χ3v) is 4.69. The van der Waals surface area contributed by atoms with E-state index in [1.165, 1.54) is 39.2 Å². The van der Waals surface area contributed by atoms with Crippen LogP contribution in [-0.4, -0.2) is 19.8 Å². The van der Waals surface area contributed by atoms with Crippen molar-refractivity contribution in [3.8, 4) is 0 Å². The Morgan fingerprint density at radius 2 is 1.14 bits per heavy atom. The third-order valence-electron chi connectivity index (χ3n) is 4.69. The van der Waals surface area contributed by atoms with Crippen molar-refractivity contribution in [1.82, 2.24) is 0 Å². The van der Waals surface area contributed by atoms with Gasteiger partial charge in [-0.1, -0.05) is 35.9 Å². The molecular weight excluding hydrogens is 268 g/mol. The van der Waals surface area contributed by atoms with E-state index in [4.69, 9.17) is 0 Å². The molecule has 0 radical (unpaired) electrons. The van der Waals surface area contributed by atoms with Gasteiger partial charge in [0.25, 0.3) is 0 Å². The highest BCUT2D eigenvalue weighted by Gasteiger charge is 2.24. The van der Waals surface area contributed by atoms with Crippen molar-refractivity contribution in [2.24, 2.45) is 0 Å². The summed E-state index contributed by atoms with van der Waals surface area (Å²) in [6.07, 6.45) is 0. The van der Waals surface area contributed by atoms with Crippen LogP contribution in [0, 0.1) is 34.6 Å². The first-order valence-corrected chi connectivity index (χ1v) is 8.11. The summed E-state index contributed by atoms with van der Waals surface area (Å²) in [5, 5.41) is 0. The molecule has 0 bridgehead atoms. The van der Waals surface area contributed by atoms with Crippen molar-refractivity contribution in [1.29, 1.82) is 0 Å². The number of benzene rings is 2. The summed E-state index contributed by atoms with van der Waals surface area (Å²) in [6, 6.07) is 11.2. The summed E-state index contributed by atoms with van der Waals surface area (Å²) >= 11 is 0. The molecule has 2 aromatic rings. The van der Waals surface area contributed by atoms with Crippen LogP contribution in [0.25, 0.3) is 0 Å². The van der Waals surface area contributed by atoms with Crippen molar-refractivity contribution in [2.45, 2.75) is 34.6 Å². The van der Waals surface area contributed by atoms with E-state index >= 15 is 0 Å². The van der Waals surface area contributed by atoms with Crippen molar-refractivity contribution < 1.29 is 0 Å². The first kappa shape index (κ1) is 15.0. The second-order valence-electron chi connectivity index (χ2n) is 6.66. The predicted octanol–water partition coefficient (Wildman–Crippen LogP) is 4.51. The van der Waals surface area contributed by atoms with Crippen molar-refractivity contribution >= 4 is 11.4 Å². The first-order valence-electron chi connectivity index (χ1n) is 8.11. The highest BCUT2D eigenvalue weighted by Crippen LogP contribution is 2.32. The molecule has 3 rings (SSSR count). The van der Waals surface area contributed by atoms with E-state index < -0.39 is 0 Å². The van der Waals surface area contributed by atoms with Gasteiger partial charge >= 0.3 is 0 Å². The van der Waals surface area contributed by atoms with E-state index in [0.29, 0.717) is 0 Å². The summed E-state index contributed by atoms with van der Waals surface area (Å²) in [5.74, 6) is 0. The molecule has 2 nitrogen and oxygen atoms in total. The second-order valence-corrected chi connectivity index (χ2v) is 6.66. The molecule has 0 N–H and O–H groups in total. The molecule has 1 saturated heterocycles. The topological polar surface area (TPSA) is 6.48 Å². The summed E-state index contributed by atoms with van der Waals surface area (Å²) in [4.78, 5) is 5.04. The summed E-state index contributed by atoms with van der Waals surface area (Å²) in [6.45, 7) is 14.2. The van der Waals surface area contributed by atoms with Gasteiger partial charge in [-0.3, -0.25) is 0 Å². The normalized spacial score (nSPS) is 14.8. The zero-order valence-electron chi connectivity index (χ0n) is 14.4. The molecule has 1 heterocycles. The van der Waals surface area contributed by atoms with E-state index in [9.17, 15) is 0 Å². The molecule has 2 heteroatoms. The number of anilines is 2. The summed E-state index contributed by atoms with van der Waals surface area (Å²) in [7, 11) is 0. The molecule has 1 fully saturated rings. The molecule has 1 aliphatic rings. The monoisotopic (exact) mass is 294 g/mol. The van der Waals surface area contributed by atoms with Gasteiger partial charge in [0.2, 0.25) is 0 Å². The fourth-order valence-corrected chi connectivity index (χ4v) is 3.93. The number of hydrogen-bond donors (Lipinski definition) is 0. The molecule has 0 aromatic heterocycles. The molecular formula is C20H26N2. The minimum absolute atomic E-state index is 0.983. The second kappa shape index (κ2) is 5.68. The Balaban J connectivity index is 1.90. The van der Waals surface area contributed by atoms with E-state index in [-0.39, 0.29) is 0 Å². The van der Waals surface area contributed by atoms with Crippen LogP contribution >= 0.6 is 0 Å². The largest absolute Gasteiger partial charge is 0.352 e. The fourth-order valence-electron chi connectivity index (χ4n) is 3.93. The van der Waals surface area contributed by atoms with Gasteiger partial charge in [-0.25, -0.2) is 0 Å². The maximum absolute atomic E-state index is 2.52. The molecule has 0 aliphatic carbocycles. The minimum Gasteiger partial charge on any atom is -0.352 e. The van der Waals surface area contributed by atoms with Crippen LogP contribution < -0.4 is 9.80 Å². The highest BCUT2D eigenvalue weighted by molar-refractivity contribution is 5.65. The van der Waals surface area contributed by atoms with Crippen LogP contribution in [0.4, 0.5) is 11.4 Å². The van der Waals surface area contributed by atoms with E-state index in [2.05, 4.69) is 74.8 Å². The third kappa shape index (κ3) is 2.58. The predicted molar refractivity (Wildman–Crippen MR) is 96.1 cm³/mol. The molecule has 2 aromatic carbocycles. The van der Waals surface area contributed by atoms with Gasteiger partial charge in [0.15, 0.2) is 0 Å². The van der Waals surface area contributed by atoms with Crippen LogP contribution in [0.3, 0.4) is 0 Å². The van der Waals surface area contributed by atoms with Gasteiger partial charge < -0.3 is 9.80 Å². The summed E-state index contributed by atoms with van der Waals surface area (Å²) in [5.41, 5.74) is 9.71. The van der Waals surface area contributed by atoms with Crippen molar-refractivity contribution in [3.05, 3.63) is 58.1 Å². The standard InChI is InChI=1S/C20H26N2/c1-14-11-17(4)20(18(5)12-14)22-10-9-21(13-22)19-15(2)7-6-8-16(19)3/h6-8,11-12H,9-10,13H2,1-5H3.